The summed E-state index contributed by atoms with van der Waals surface area (Å²) < 4.78 is 75.4. The first-order valence-electron chi connectivity index (χ1n) is 15.8. The Balaban J connectivity index is 1.36. The molecule has 238 valence electrons. The van der Waals surface area contributed by atoms with Crippen molar-refractivity contribution in [3.8, 4) is 35.2 Å². The molecule has 0 amide bonds. The van der Waals surface area contributed by atoms with E-state index in [1.807, 2.05) is 4.90 Å². The second-order valence-electron chi connectivity index (χ2n) is 12.9. The van der Waals surface area contributed by atoms with E-state index in [1.54, 1.807) is 0 Å². The maximum Gasteiger partial charge on any atom is 0.319 e. The van der Waals surface area contributed by atoms with E-state index < -0.39 is 34.7 Å². The summed E-state index contributed by atoms with van der Waals surface area (Å²) >= 11 is 0. The lowest BCUT2D eigenvalue weighted by Crippen LogP contribution is -2.43. The lowest BCUT2D eigenvalue weighted by Gasteiger charge is -2.31. The number of alkyl halides is 1. The van der Waals surface area contributed by atoms with Crippen LogP contribution in [0.2, 0.25) is 0 Å². The van der Waals surface area contributed by atoms with Gasteiger partial charge in [-0.15, -0.1) is 6.42 Å². The van der Waals surface area contributed by atoms with Crippen molar-refractivity contribution in [3.63, 3.8) is 0 Å². The first-order valence-corrected chi connectivity index (χ1v) is 15.8. The third-order valence-corrected chi connectivity index (χ3v) is 10.2. The number of aromatic nitrogens is 2. The van der Waals surface area contributed by atoms with Gasteiger partial charge in [-0.1, -0.05) is 12.0 Å². The normalized spacial score (nSPS) is 24.5. The summed E-state index contributed by atoms with van der Waals surface area (Å²) in [6.07, 6.45) is 8.20. The lowest BCUT2D eigenvalue weighted by atomic mass is 9.90. The molecule has 3 atom stereocenters. The lowest BCUT2D eigenvalue weighted by molar-refractivity contribution is 0.107. The number of terminal acetylenes is 1. The summed E-state index contributed by atoms with van der Waals surface area (Å²) in [5.41, 5.74) is -1.14. The van der Waals surface area contributed by atoms with Crippen molar-refractivity contribution in [2.24, 2.45) is 0 Å². The van der Waals surface area contributed by atoms with Crippen molar-refractivity contribution in [1.29, 1.82) is 0 Å². The van der Waals surface area contributed by atoms with Crippen LogP contribution in [0.4, 0.5) is 23.4 Å². The molecule has 3 fully saturated rings. The largest absolute Gasteiger partial charge is 0.508 e. The summed E-state index contributed by atoms with van der Waals surface area (Å²) in [6.45, 7) is 2.77. The molecule has 7 nitrogen and oxygen atoms in total. The molecule has 11 heteroatoms. The molecule has 3 saturated heterocycles. The second-order valence-corrected chi connectivity index (χ2v) is 12.9. The van der Waals surface area contributed by atoms with E-state index in [4.69, 9.17) is 20.9 Å². The van der Waals surface area contributed by atoms with E-state index in [0.29, 0.717) is 56.8 Å². The molecule has 3 aromatic carbocycles. The minimum Gasteiger partial charge on any atom is -0.508 e. The van der Waals surface area contributed by atoms with E-state index in [0.717, 1.165) is 25.5 Å². The molecule has 0 aliphatic carbocycles. The average molecular weight is 633 g/mol. The van der Waals surface area contributed by atoms with Gasteiger partial charge in [0.1, 0.15) is 41.5 Å². The van der Waals surface area contributed by atoms with E-state index in [9.17, 15) is 13.9 Å². The van der Waals surface area contributed by atoms with Gasteiger partial charge in [0.2, 0.25) is 0 Å². The van der Waals surface area contributed by atoms with Crippen LogP contribution >= 0.6 is 0 Å². The second kappa shape index (κ2) is 11.0. The number of benzene rings is 3. The number of hydrogen-bond donors (Lipinski definition) is 1. The maximum absolute atomic E-state index is 17.0. The average Bonchev–Trinajstić information content (AvgIpc) is 3.38. The Kier molecular flexibility index (Phi) is 6.99. The number of anilines is 1. The van der Waals surface area contributed by atoms with Gasteiger partial charge in [-0.3, -0.25) is 4.90 Å². The fourth-order valence-electron chi connectivity index (χ4n) is 8.15. The topological polar surface area (TPSA) is 71.0 Å². The Labute approximate surface area is 263 Å². The minimum absolute atomic E-state index is 0.0826. The number of aromatic hydroxyl groups is 1. The highest BCUT2D eigenvalue weighted by Gasteiger charge is 2.49. The molecule has 4 aliphatic rings. The molecule has 46 heavy (non-hydrogen) atoms. The Morgan fingerprint density at radius 3 is 2.83 bits per heavy atom. The monoisotopic (exact) mass is 632 g/mol. The molecule has 0 unspecified atom stereocenters. The highest BCUT2D eigenvalue weighted by Crippen LogP contribution is 2.46. The number of ether oxygens (including phenoxy) is 2. The van der Waals surface area contributed by atoms with E-state index >= 15 is 8.78 Å². The third kappa shape index (κ3) is 4.48. The van der Waals surface area contributed by atoms with Gasteiger partial charge in [0.15, 0.2) is 5.82 Å². The zero-order chi connectivity index (χ0) is 31.7. The van der Waals surface area contributed by atoms with E-state index in [2.05, 4.69) is 15.8 Å². The molecule has 0 saturated carbocycles. The van der Waals surface area contributed by atoms with Crippen LogP contribution in [-0.4, -0.2) is 77.2 Å². The molecule has 5 heterocycles. The van der Waals surface area contributed by atoms with E-state index in [-0.39, 0.29) is 63.8 Å². The summed E-state index contributed by atoms with van der Waals surface area (Å²) in [4.78, 5) is 13.4. The number of rotatable bonds is 4. The van der Waals surface area contributed by atoms with Gasteiger partial charge < -0.3 is 19.5 Å². The van der Waals surface area contributed by atoms with Crippen LogP contribution in [0.5, 0.6) is 11.8 Å². The van der Waals surface area contributed by atoms with Crippen molar-refractivity contribution in [1.82, 2.24) is 14.9 Å². The van der Waals surface area contributed by atoms with Crippen LogP contribution < -0.4 is 9.64 Å². The first kappa shape index (κ1) is 29.3. The molecular weight excluding hydrogens is 600 g/mol. The molecular formula is C35H32F4N4O3. The van der Waals surface area contributed by atoms with Gasteiger partial charge in [0.05, 0.1) is 34.7 Å². The van der Waals surface area contributed by atoms with Crippen LogP contribution in [0.3, 0.4) is 0 Å². The van der Waals surface area contributed by atoms with Crippen molar-refractivity contribution in [3.05, 3.63) is 52.8 Å². The number of fused-ring (bicyclic) bond motifs is 4. The summed E-state index contributed by atoms with van der Waals surface area (Å²) in [7, 11) is 0. The number of phenolic OH excluding ortho intramolecular Hbond substituents is 1. The molecule has 4 aromatic rings. The quantitative estimate of drug-likeness (QED) is 0.217. The summed E-state index contributed by atoms with van der Waals surface area (Å²) in [5.74, 6) is -0.155. The van der Waals surface area contributed by atoms with Crippen LogP contribution in [0, 0.1) is 29.8 Å². The minimum atomic E-state index is -1.00. The zero-order valence-corrected chi connectivity index (χ0v) is 25.1. The smallest absolute Gasteiger partial charge is 0.319 e. The predicted octanol–water partition coefficient (Wildman–Crippen LogP) is 6.05. The van der Waals surface area contributed by atoms with Crippen molar-refractivity contribution >= 4 is 27.5 Å². The molecule has 1 aromatic heterocycles. The maximum atomic E-state index is 17.0. The summed E-state index contributed by atoms with van der Waals surface area (Å²) in [5, 5.41) is 11.3. The van der Waals surface area contributed by atoms with Crippen molar-refractivity contribution < 1.29 is 32.1 Å². The fraction of sp³-hybridized carbons (Fsp3) is 0.429. The molecule has 4 aliphatic heterocycles. The van der Waals surface area contributed by atoms with Gasteiger partial charge in [0.25, 0.3) is 0 Å². The Morgan fingerprint density at radius 1 is 1.11 bits per heavy atom. The number of aryl methyl sites for hydroxylation is 1. The van der Waals surface area contributed by atoms with Crippen LogP contribution in [0.25, 0.3) is 32.8 Å². The number of halogens is 4. The number of hydrogen-bond acceptors (Lipinski definition) is 7. The predicted molar refractivity (Wildman–Crippen MR) is 165 cm³/mol. The highest BCUT2D eigenvalue weighted by molar-refractivity contribution is 6.05. The molecule has 0 bridgehead atoms. The Hall–Kier alpha value is -4.14. The van der Waals surface area contributed by atoms with Crippen LogP contribution in [-0.2, 0) is 11.2 Å². The zero-order valence-electron chi connectivity index (χ0n) is 25.1. The molecule has 0 spiro atoms. The van der Waals surface area contributed by atoms with Gasteiger partial charge >= 0.3 is 6.01 Å². The van der Waals surface area contributed by atoms with Gasteiger partial charge in [-0.05, 0) is 62.2 Å². The summed E-state index contributed by atoms with van der Waals surface area (Å²) in [6, 6.07) is 4.89. The molecule has 0 radical (unpaired) electrons. The SMILES string of the molecule is C#Cc1c(F)ccc2cc(O)cc(-c3c(F)c4c5c(nc(OC[C@@]67CCCN6C[C@H](F)C7)nc5c3F)N3CCCOC[C@@H]3CC4)c12. The Bertz CT molecular complexity index is 1950. The van der Waals surface area contributed by atoms with Crippen LogP contribution in [0.1, 0.15) is 43.2 Å². The first-order chi connectivity index (χ1) is 22.3. The Morgan fingerprint density at radius 2 is 1.98 bits per heavy atom. The van der Waals surface area contributed by atoms with Gasteiger partial charge in [-0.25, -0.2) is 17.6 Å². The fourth-order valence-corrected chi connectivity index (χ4v) is 8.15. The standard InChI is InChI=1S/C35H32F4N4O3/c1-2-23-26(37)8-5-19-13-22(44)14-25(27(19)23)28-30(38)24-7-6-21-17-45-12-4-11-43(21)33-29(24)32(31(28)39)40-34(41-33)46-18-35-9-3-10-42(35)16-20(36)15-35/h1,5,8,13-14,20-21,44H,3-4,6-7,9-12,15-18H2/t20-,21+,35+/m1/s1. The van der Waals surface area contributed by atoms with Crippen molar-refractivity contribution in [2.45, 2.75) is 56.3 Å². The number of phenols is 1. The van der Waals surface area contributed by atoms with Gasteiger partial charge in [-0.2, -0.15) is 9.97 Å². The molecule has 1 N–H and O–H groups in total. The van der Waals surface area contributed by atoms with Crippen molar-refractivity contribution in [2.75, 3.05) is 44.4 Å². The van der Waals surface area contributed by atoms with Gasteiger partial charge in [0, 0.05) is 42.6 Å². The van der Waals surface area contributed by atoms with Crippen LogP contribution in [0.15, 0.2) is 24.3 Å². The van der Waals surface area contributed by atoms with E-state index in [1.165, 1.54) is 18.2 Å². The third-order valence-electron chi connectivity index (χ3n) is 10.2. The number of nitrogens with zero attached hydrogens (tertiary/aromatic N) is 4. The highest BCUT2D eigenvalue weighted by atomic mass is 19.1. The molecule has 8 rings (SSSR count).